The molecule has 0 saturated heterocycles. The zero-order valence-corrected chi connectivity index (χ0v) is 18.8. The Balaban J connectivity index is 1.54. The summed E-state index contributed by atoms with van der Waals surface area (Å²) in [4.78, 5) is 4.64. The summed E-state index contributed by atoms with van der Waals surface area (Å²) in [5.74, 6) is 0. The van der Waals surface area contributed by atoms with Gasteiger partial charge in [-0.15, -0.1) is 0 Å². The molecule has 1 fully saturated rings. The number of pyridine rings is 1. The number of benzene rings is 2. The molecule has 5 nitrogen and oxygen atoms in total. The molecule has 0 amide bonds. The van der Waals surface area contributed by atoms with E-state index in [0.29, 0.717) is 18.5 Å². The van der Waals surface area contributed by atoms with E-state index in [1.165, 1.54) is 5.56 Å². The number of para-hydroxylation sites is 1. The van der Waals surface area contributed by atoms with E-state index in [0.717, 1.165) is 48.6 Å². The first-order valence-electron chi connectivity index (χ1n) is 10.9. The predicted molar refractivity (Wildman–Crippen MR) is 124 cm³/mol. The normalized spacial score (nSPS) is 16.1. The van der Waals surface area contributed by atoms with E-state index in [1.54, 1.807) is 18.3 Å². The number of sulfonamides is 1. The first-order valence-corrected chi connectivity index (χ1v) is 12.4. The number of aliphatic hydroxyl groups excluding tert-OH is 1. The molecule has 2 aromatic carbocycles. The number of aromatic nitrogens is 1. The van der Waals surface area contributed by atoms with Crippen LogP contribution in [0.1, 0.15) is 42.4 Å². The van der Waals surface area contributed by atoms with Crippen LogP contribution < -0.4 is 4.72 Å². The Kier molecular flexibility index (Phi) is 6.42. The highest BCUT2D eigenvalue weighted by Crippen LogP contribution is 2.41. The van der Waals surface area contributed by atoms with Crippen molar-refractivity contribution in [2.24, 2.45) is 5.41 Å². The largest absolute Gasteiger partial charge is 0.396 e. The number of nitrogens with zero attached hydrogens (tertiary/aromatic N) is 1. The van der Waals surface area contributed by atoms with Gasteiger partial charge in [-0.1, -0.05) is 49.2 Å². The van der Waals surface area contributed by atoms with E-state index in [9.17, 15) is 8.42 Å². The molecule has 4 rings (SSSR count). The highest BCUT2D eigenvalue weighted by molar-refractivity contribution is 7.89. The zero-order chi connectivity index (χ0) is 21.9. The molecule has 0 spiro atoms. The van der Waals surface area contributed by atoms with Gasteiger partial charge in [0.15, 0.2) is 0 Å². The number of rotatable bonds is 8. The van der Waals surface area contributed by atoms with Gasteiger partial charge in [0.05, 0.1) is 5.52 Å². The molecule has 1 aliphatic rings. The maximum absolute atomic E-state index is 13.2. The third-order valence-corrected chi connectivity index (χ3v) is 7.84. The van der Waals surface area contributed by atoms with Crippen molar-refractivity contribution < 1.29 is 13.5 Å². The van der Waals surface area contributed by atoms with Gasteiger partial charge in [-0.05, 0) is 66.8 Å². The Morgan fingerprint density at radius 3 is 2.48 bits per heavy atom. The average Bonchev–Trinajstić information content (AvgIpc) is 3.22. The second-order valence-corrected chi connectivity index (χ2v) is 10.6. The molecule has 31 heavy (non-hydrogen) atoms. The molecule has 0 aliphatic heterocycles. The van der Waals surface area contributed by atoms with Gasteiger partial charge in [0.2, 0.25) is 10.0 Å². The monoisotopic (exact) mass is 438 g/mol. The van der Waals surface area contributed by atoms with Crippen molar-refractivity contribution in [3.05, 3.63) is 71.4 Å². The number of fused-ring (bicyclic) bond motifs is 1. The number of nitrogens with one attached hydrogen (secondary N) is 1. The van der Waals surface area contributed by atoms with Gasteiger partial charge in [0, 0.05) is 24.7 Å². The van der Waals surface area contributed by atoms with E-state index in [2.05, 4.69) is 34.0 Å². The van der Waals surface area contributed by atoms with Gasteiger partial charge in [0.1, 0.15) is 4.90 Å². The molecule has 1 aromatic heterocycles. The fraction of sp³-hybridized carbons (Fsp3) is 0.400. The molecule has 1 saturated carbocycles. The SMILES string of the molecule is Cc1cnc2c(S(=O)(=O)NCC3(Cc4ccc(CCO)cc4)CCCC3)cccc2c1. The summed E-state index contributed by atoms with van der Waals surface area (Å²) in [5.41, 5.74) is 3.78. The third kappa shape index (κ3) is 4.97. The van der Waals surface area contributed by atoms with E-state index in [1.807, 2.05) is 19.1 Å². The molecular weight excluding hydrogens is 408 g/mol. The molecule has 1 aliphatic carbocycles. The van der Waals surface area contributed by atoms with Crippen molar-refractivity contribution in [3.8, 4) is 0 Å². The Bertz CT molecular complexity index is 1150. The van der Waals surface area contributed by atoms with Crippen LogP contribution in [0.5, 0.6) is 0 Å². The second kappa shape index (κ2) is 9.07. The van der Waals surface area contributed by atoms with Crippen LogP contribution in [0.2, 0.25) is 0 Å². The summed E-state index contributed by atoms with van der Waals surface area (Å²) in [6.07, 6.45) is 7.49. The fourth-order valence-corrected chi connectivity index (χ4v) is 6.05. The Labute approximate surface area is 184 Å². The van der Waals surface area contributed by atoms with Crippen LogP contribution in [-0.4, -0.2) is 31.7 Å². The second-order valence-electron chi connectivity index (χ2n) is 8.84. The predicted octanol–water partition coefficient (Wildman–Crippen LogP) is 4.16. The number of hydrogen-bond acceptors (Lipinski definition) is 4. The standard InChI is InChI=1S/C25H30N2O3S/c1-19-15-22-5-4-6-23(24(22)26-17-19)31(29,30)27-18-25(12-2-3-13-25)16-21-9-7-20(8-10-21)11-14-28/h4-10,15,17,27-28H,2-3,11-14,16,18H2,1H3. The highest BCUT2D eigenvalue weighted by atomic mass is 32.2. The minimum atomic E-state index is -3.67. The molecule has 0 unspecified atom stereocenters. The van der Waals surface area contributed by atoms with Crippen molar-refractivity contribution in [3.63, 3.8) is 0 Å². The van der Waals surface area contributed by atoms with Crippen LogP contribution in [0.4, 0.5) is 0 Å². The van der Waals surface area contributed by atoms with E-state index >= 15 is 0 Å². The van der Waals surface area contributed by atoms with Crippen LogP contribution in [0.25, 0.3) is 10.9 Å². The number of hydrogen-bond donors (Lipinski definition) is 2. The Morgan fingerprint density at radius 1 is 1.06 bits per heavy atom. The summed E-state index contributed by atoms with van der Waals surface area (Å²) >= 11 is 0. The molecule has 3 aromatic rings. The topological polar surface area (TPSA) is 79.3 Å². The van der Waals surface area contributed by atoms with Crippen molar-refractivity contribution >= 4 is 20.9 Å². The molecule has 164 valence electrons. The van der Waals surface area contributed by atoms with Crippen molar-refractivity contribution in [1.29, 1.82) is 0 Å². The van der Waals surface area contributed by atoms with Crippen molar-refractivity contribution in [1.82, 2.24) is 9.71 Å². The highest BCUT2D eigenvalue weighted by Gasteiger charge is 2.35. The molecule has 2 N–H and O–H groups in total. The van der Waals surface area contributed by atoms with Crippen LogP contribution >= 0.6 is 0 Å². The Morgan fingerprint density at radius 2 is 1.77 bits per heavy atom. The lowest BCUT2D eigenvalue weighted by Gasteiger charge is -2.29. The summed E-state index contributed by atoms with van der Waals surface area (Å²) in [7, 11) is -3.67. The molecule has 0 bridgehead atoms. The van der Waals surface area contributed by atoms with Gasteiger partial charge in [-0.2, -0.15) is 0 Å². The van der Waals surface area contributed by atoms with Gasteiger partial charge in [-0.3, -0.25) is 4.98 Å². The quantitative estimate of drug-likeness (QED) is 0.553. The first kappa shape index (κ1) is 21.9. The van der Waals surface area contributed by atoms with Crippen LogP contribution in [0, 0.1) is 12.3 Å². The lowest BCUT2D eigenvalue weighted by atomic mass is 9.80. The lowest BCUT2D eigenvalue weighted by Crippen LogP contribution is -2.37. The minimum absolute atomic E-state index is 0.0693. The molecule has 6 heteroatoms. The van der Waals surface area contributed by atoms with Crippen LogP contribution in [-0.2, 0) is 22.9 Å². The van der Waals surface area contributed by atoms with Crippen LogP contribution in [0.3, 0.4) is 0 Å². The van der Waals surface area contributed by atoms with E-state index in [4.69, 9.17) is 5.11 Å². The van der Waals surface area contributed by atoms with E-state index in [-0.39, 0.29) is 16.9 Å². The number of aryl methyl sites for hydroxylation is 1. The maximum Gasteiger partial charge on any atom is 0.242 e. The molecule has 0 atom stereocenters. The lowest BCUT2D eigenvalue weighted by molar-refractivity contribution is 0.294. The van der Waals surface area contributed by atoms with Gasteiger partial charge in [0.25, 0.3) is 0 Å². The van der Waals surface area contributed by atoms with Crippen molar-refractivity contribution in [2.75, 3.05) is 13.2 Å². The Hall–Kier alpha value is -2.28. The molecular formula is C25H30N2O3S. The minimum Gasteiger partial charge on any atom is -0.396 e. The fourth-order valence-electron chi connectivity index (χ4n) is 4.71. The smallest absolute Gasteiger partial charge is 0.242 e. The average molecular weight is 439 g/mol. The van der Waals surface area contributed by atoms with Gasteiger partial charge in [-0.25, -0.2) is 13.1 Å². The van der Waals surface area contributed by atoms with Crippen LogP contribution in [0.15, 0.2) is 59.6 Å². The van der Waals surface area contributed by atoms with Gasteiger partial charge < -0.3 is 5.11 Å². The van der Waals surface area contributed by atoms with E-state index < -0.39 is 10.0 Å². The third-order valence-electron chi connectivity index (χ3n) is 6.40. The zero-order valence-electron chi connectivity index (χ0n) is 18.0. The molecule has 0 radical (unpaired) electrons. The molecule has 1 heterocycles. The summed E-state index contributed by atoms with van der Waals surface area (Å²) in [6, 6.07) is 15.6. The summed E-state index contributed by atoms with van der Waals surface area (Å²) in [5, 5.41) is 9.94. The van der Waals surface area contributed by atoms with Gasteiger partial charge >= 0.3 is 0 Å². The maximum atomic E-state index is 13.2. The number of aliphatic hydroxyl groups is 1. The summed E-state index contributed by atoms with van der Waals surface area (Å²) in [6.45, 7) is 2.52. The van der Waals surface area contributed by atoms with Crippen molar-refractivity contribution in [2.45, 2.75) is 50.3 Å². The summed E-state index contributed by atoms with van der Waals surface area (Å²) < 4.78 is 29.4. The first-order chi connectivity index (χ1) is 14.9.